The Balaban J connectivity index is 1.61. The summed E-state index contributed by atoms with van der Waals surface area (Å²) in [4.78, 5) is 12.5. The third kappa shape index (κ3) is 3.43. The van der Waals surface area contributed by atoms with Gasteiger partial charge in [0.05, 0.1) is 5.92 Å². The number of hydrogen-bond acceptors (Lipinski definition) is 6. The zero-order chi connectivity index (χ0) is 19.7. The van der Waals surface area contributed by atoms with Gasteiger partial charge in [-0.3, -0.25) is 4.79 Å². The van der Waals surface area contributed by atoms with Gasteiger partial charge >= 0.3 is 0 Å². The average molecular weight is 441 g/mol. The Kier molecular flexibility index (Phi) is 4.97. The molecule has 4 rings (SSSR count). The smallest absolute Gasteiger partial charge is 0.205 e. The van der Waals surface area contributed by atoms with E-state index < -0.39 is 5.92 Å². The van der Waals surface area contributed by atoms with E-state index in [2.05, 4.69) is 22.0 Å². The van der Waals surface area contributed by atoms with Crippen molar-refractivity contribution < 1.29 is 18.7 Å². The maximum absolute atomic E-state index is 12.5. The first-order valence-corrected chi connectivity index (χ1v) is 9.67. The molecule has 0 amide bonds. The molecule has 6 nitrogen and oxygen atoms in total. The molecule has 1 aliphatic heterocycles. The number of ketones is 1. The van der Waals surface area contributed by atoms with Gasteiger partial charge in [-0.05, 0) is 42.8 Å². The zero-order valence-corrected chi connectivity index (χ0v) is 16.5. The van der Waals surface area contributed by atoms with Crippen LogP contribution in [0.4, 0.5) is 0 Å². The van der Waals surface area contributed by atoms with E-state index >= 15 is 0 Å². The van der Waals surface area contributed by atoms with Crippen LogP contribution in [0.1, 0.15) is 36.7 Å². The highest BCUT2D eigenvalue weighted by Crippen LogP contribution is 2.43. The summed E-state index contributed by atoms with van der Waals surface area (Å²) in [6.45, 7) is 0.228. The van der Waals surface area contributed by atoms with E-state index in [4.69, 9.17) is 19.6 Å². The molecule has 1 atom stereocenters. The lowest BCUT2D eigenvalue weighted by Crippen LogP contribution is -2.27. The number of allylic oxidation sites excluding steroid dienone is 3. The normalized spacial score (nSPS) is 19.1. The van der Waals surface area contributed by atoms with E-state index in [-0.39, 0.29) is 23.8 Å². The van der Waals surface area contributed by atoms with E-state index in [0.717, 1.165) is 4.47 Å². The van der Waals surface area contributed by atoms with Crippen LogP contribution in [0, 0.1) is 11.3 Å². The Morgan fingerprint density at radius 1 is 1.21 bits per heavy atom. The number of rotatable bonds is 4. The monoisotopic (exact) mass is 440 g/mol. The fraction of sp³-hybridized carbons (Fsp3) is 0.238. The van der Waals surface area contributed by atoms with Crippen LogP contribution in [0.5, 0.6) is 5.75 Å². The first kappa shape index (κ1) is 18.4. The van der Waals surface area contributed by atoms with Crippen molar-refractivity contribution in [2.24, 2.45) is 5.73 Å². The summed E-state index contributed by atoms with van der Waals surface area (Å²) in [6.07, 6.45) is 1.76. The Morgan fingerprint density at radius 2 is 2.00 bits per heavy atom. The van der Waals surface area contributed by atoms with Gasteiger partial charge < -0.3 is 19.6 Å². The van der Waals surface area contributed by atoms with Crippen molar-refractivity contribution in [2.45, 2.75) is 31.8 Å². The molecule has 1 aromatic heterocycles. The van der Waals surface area contributed by atoms with E-state index in [9.17, 15) is 10.1 Å². The molecule has 2 N–H and O–H groups in total. The minimum atomic E-state index is -0.636. The van der Waals surface area contributed by atoms with Crippen molar-refractivity contribution in [1.29, 1.82) is 5.26 Å². The summed E-state index contributed by atoms with van der Waals surface area (Å²) in [5.74, 6) is 1.69. The largest absolute Gasteiger partial charge is 0.486 e. The lowest BCUT2D eigenvalue weighted by atomic mass is 9.80. The summed E-state index contributed by atoms with van der Waals surface area (Å²) in [7, 11) is 0. The molecule has 1 aliphatic carbocycles. The van der Waals surface area contributed by atoms with Crippen LogP contribution < -0.4 is 10.5 Å². The van der Waals surface area contributed by atoms with Gasteiger partial charge in [-0.15, -0.1) is 0 Å². The summed E-state index contributed by atoms with van der Waals surface area (Å²) >= 11 is 3.38. The highest BCUT2D eigenvalue weighted by Gasteiger charge is 2.39. The standard InChI is InChI=1S/C21H17BrN2O4/c22-12-4-6-13(7-5-12)26-11-14-8-9-18(27-14)19-15(10-23)21(24)28-17-3-1-2-16(25)20(17)19/h4-9,19H,1-3,11,24H2/t19-/m1/s1. The second kappa shape index (κ2) is 7.56. The first-order chi connectivity index (χ1) is 13.6. The number of halogens is 1. The van der Waals surface area contributed by atoms with Gasteiger partial charge in [0.1, 0.15) is 41.3 Å². The average Bonchev–Trinajstić information content (AvgIpc) is 3.15. The van der Waals surface area contributed by atoms with Crippen LogP contribution >= 0.6 is 15.9 Å². The van der Waals surface area contributed by atoms with Crippen molar-refractivity contribution >= 4 is 21.7 Å². The topological polar surface area (TPSA) is 98.5 Å². The summed E-state index contributed by atoms with van der Waals surface area (Å²) in [5, 5.41) is 9.58. The number of carbonyl (C=O) groups excluding carboxylic acids is 1. The number of ether oxygens (including phenoxy) is 2. The summed E-state index contributed by atoms with van der Waals surface area (Å²) in [6, 6.07) is 13.1. The van der Waals surface area contributed by atoms with E-state index in [1.54, 1.807) is 12.1 Å². The quantitative estimate of drug-likeness (QED) is 0.754. The van der Waals surface area contributed by atoms with Gasteiger partial charge in [0.2, 0.25) is 5.88 Å². The number of furan rings is 1. The Morgan fingerprint density at radius 3 is 2.75 bits per heavy atom. The molecule has 1 aromatic carbocycles. The van der Waals surface area contributed by atoms with Gasteiger partial charge in [-0.1, -0.05) is 15.9 Å². The number of carbonyl (C=O) groups is 1. The van der Waals surface area contributed by atoms with Crippen LogP contribution in [0.2, 0.25) is 0 Å². The Hall–Kier alpha value is -2.98. The number of Topliss-reactive ketones (excluding diaryl/α,β-unsaturated/α-hetero) is 1. The van der Waals surface area contributed by atoms with Gasteiger partial charge in [0.25, 0.3) is 0 Å². The fourth-order valence-electron chi connectivity index (χ4n) is 3.45. The molecule has 2 heterocycles. The first-order valence-electron chi connectivity index (χ1n) is 8.87. The molecule has 0 radical (unpaired) electrons. The van der Waals surface area contributed by atoms with Crippen molar-refractivity contribution in [3.05, 3.63) is 75.2 Å². The predicted octanol–water partition coefficient (Wildman–Crippen LogP) is 4.44. The molecule has 28 heavy (non-hydrogen) atoms. The molecular formula is C21H17BrN2O4. The third-order valence-corrected chi connectivity index (χ3v) is 5.30. The molecule has 0 bridgehead atoms. The molecular weight excluding hydrogens is 424 g/mol. The number of nitriles is 1. The van der Waals surface area contributed by atoms with Crippen molar-refractivity contribution in [2.75, 3.05) is 0 Å². The van der Waals surface area contributed by atoms with Crippen LogP contribution in [-0.4, -0.2) is 5.78 Å². The van der Waals surface area contributed by atoms with E-state index in [0.29, 0.717) is 47.9 Å². The lowest BCUT2D eigenvalue weighted by molar-refractivity contribution is -0.116. The molecule has 142 valence electrons. The van der Waals surface area contributed by atoms with Crippen LogP contribution in [0.3, 0.4) is 0 Å². The van der Waals surface area contributed by atoms with Gasteiger partial charge in [0, 0.05) is 22.9 Å². The summed E-state index contributed by atoms with van der Waals surface area (Å²) in [5.41, 5.74) is 6.62. The van der Waals surface area contributed by atoms with Crippen LogP contribution in [0.15, 0.2) is 68.1 Å². The molecule has 7 heteroatoms. The van der Waals surface area contributed by atoms with E-state index in [1.807, 2.05) is 24.3 Å². The molecule has 0 saturated carbocycles. The van der Waals surface area contributed by atoms with Gasteiger partial charge in [-0.2, -0.15) is 5.26 Å². The Labute approximate surface area is 170 Å². The minimum absolute atomic E-state index is 0.0319. The van der Waals surface area contributed by atoms with Crippen molar-refractivity contribution in [3.63, 3.8) is 0 Å². The second-order valence-electron chi connectivity index (χ2n) is 6.59. The maximum atomic E-state index is 12.5. The Bertz CT molecular complexity index is 1030. The van der Waals surface area contributed by atoms with Crippen molar-refractivity contribution in [1.82, 2.24) is 0 Å². The molecule has 0 saturated heterocycles. The number of benzene rings is 1. The predicted molar refractivity (Wildman–Crippen MR) is 104 cm³/mol. The summed E-state index contributed by atoms with van der Waals surface area (Å²) < 4.78 is 18.2. The third-order valence-electron chi connectivity index (χ3n) is 4.77. The fourth-order valence-corrected chi connectivity index (χ4v) is 3.72. The van der Waals surface area contributed by atoms with Crippen LogP contribution in [-0.2, 0) is 16.1 Å². The SMILES string of the molecule is N#CC1=C(N)OC2=C(C(=O)CCC2)[C@H]1c1ccc(COc2ccc(Br)cc2)o1. The molecule has 0 spiro atoms. The molecule has 0 fully saturated rings. The molecule has 0 unspecified atom stereocenters. The second-order valence-corrected chi connectivity index (χ2v) is 7.50. The van der Waals surface area contributed by atoms with Crippen LogP contribution in [0.25, 0.3) is 0 Å². The van der Waals surface area contributed by atoms with E-state index in [1.165, 1.54) is 0 Å². The maximum Gasteiger partial charge on any atom is 0.205 e. The highest BCUT2D eigenvalue weighted by atomic mass is 79.9. The lowest BCUT2D eigenvalue weighted by Gasteiger charge is -2.29. The molecule has 2 aromatic rings. The number of nitrogens with two attached hydrogens (primary N) is 1. The van der Waals surface area contributed by atoms with Gasteiger partial charge in [0.15, 0.2) is 5.78 Å². The highest BCUT2D eigenvalue weighted by molar-refractivity contribution is 9.10. The minimum Gasteiger partial charge on any atom is -0.486 e. The molecule has 2 aliphatic rings. The number of nitrogens with zero attached hydrogens (tertiary/aromatic N) is 1. The van der Waals surface area contributed by atoms with Crippen molar-refractivity contribution in [3.8, 4) is 11.8 Å². The number of hydrogen-bond donors (Lipinski definition) is 1. The zero-order valence-electron chi connectivity index (χ0n) is 14.9. The van der Waals surface area contributed by atoms with Gasteiger partial charge in [-0.25, -0.2) is 0 Å².